The lowest BCUT2D eigenvalue weighted by atomic mass is 10.1. The largest absolute Gasteiger partial charge is 0.462 e. The fourth-order valence-corrected chi connectivity index (χ4v) is 9.07. The second-order valence-electron chi connectivity index (χ2n) is 21.0. The van der Waals surface area contributed by atoms with Crippen LogP contribution in [0.1, 0.15) is 329 Å². The normalized spacial score (nSPS) is 12.3. The summed E-state index contributed by atoms with van der Waals surface area (Å²) in [6.07, 6.45) is 73.9. The fraction of sp³-hybridized carbons (Fsp3) is 0.831. The Kier molecular flexibility index (Phi) is 57.7. The molecule has 414 valence electrons. The summed E-state index contributed by atoms with van der Waals surface area (Å²) < 4.78 is 16.9. The maximum atomic E-state index is 12.9. The number of carbonyl (C=O) groups is 3. The van der Waals surface area contributed by atoms with E-state index < -0.39 is 6.10 Å². The maximum Gasteiger partial charge on any atom is 0.306 e. The van der Waals surface area contributed by atoms with Crippen LogP contribution in [0.4, 0.5) is 0 Å². The minimum atomic E-state index is -0.782. The van der Waals surface area contributed by atoms with Crippen LogP contribution in [0.5, 0.6) is 0 Å². The minimum Gasteiger partial charge on any atom is -0.462 e. The Morgan fingerprint density at radius 3 is 0.817 bits per heavy atom. The Bertz CT molecular complexity index is 1230. The van der Waals surface area contributed by atoms with E-state index in [2.05, 4.69) is 69.4 Å². The lowest BCUT2D eigenvalue weighted by molar-refractivity contribution is -0.167. The SMILES string of the molecule is CCCCC/C=C\C=C/CCCCCCCCC(=O)OCC(COC(=O)CCCCCCCCC/C=C\CCCCCCCCCC)OC(=O)CCCCCCCCC/C=C\CCCCCCCCCC. The van der Waals surface area contributed by atoms with E-state index >= 15 is 0 Å². The first-order valence-electron chi connectivity index (χ1n) is 31.2. The molecule has 1 unspecified atom stereocenters. The van der Waals surface area contributed by atoms with E-state index in [-0.39, 0.29) is 31.1 Å². The molecule has 0 saturated heterocycles. The quantitative estimate of drug-likeness (QED) is 0.0199. The molecule has 0 aromatic heterocycles. The molecule has 6 nitrogen and oxygen atoms in total. The van der Waals surface area contributed by atoms with Crippen molar-refractivity contribution in [3.8, 4) is 0 Å². The number of unbranched alkanes of at least 4 members (excludes halogenated alkanes) is 39. The molecule has 1 atom stereocenters. The number of carbonyl (C=O) groups excluding carboxylic acids is 3. The van der Waals surface area contributed by atoms with E-state index in [4.69, 9.17) is 14.2 Å². The van der Waals surface area contributed by atoms with E-state index in [0.29, 0.717) is 19.3 Å². The van der Waals surface area contributed by atoms with Crippen molar-refractivity contribution in [1.82, 2.24) is 0 Å². The second-order valence-corrected chi connectivity index (χ2v) is 21.0. The zero-order valence-corrected chi connectivity index (χ0v) is 47.5. The Morgan fingerprint density at radius 1 is 0.282 bits per heavy atom. The van der Waals surface area contributed by atoms with Crippen LogP contribution in [0.15, 0.2) is 48.6 Å². The van der Waals surface area contributed by atoms with Gasteiger partial charge in [0.1, 0.15) is 13.2 Å². The molecule has 71 heavy (non-hydrogen) atoms. The van der Waals surface area contributed by atoms with E-state index in [1.54, 1.807) is 0 Å². The summed E-state index contributed by atoms with van der Waals surface area (Å²) in [7, 11) is 0. The van der Waals surface area contributed by atoms with Crippen molar-refractivity contribution < 1.29 is 28.6 Å². The summed E-state index contributed by atoms with van der Waals surface area (Å²) in [6.45, 7) is 6.64. The summed E-state index contributed by atoms with van der Waals surface area (Å²) in [5, 5.41) is 0. The van der Waals surface area contributed by atoms with Gasteiger partial charge < -0.3 is 14.2 Å². The maximum absolute atomic E-state index is 12.9. The molecule has 6 heteroatoms. The zero-order valence-electron chi connectivity index (χ0n) is 47.5. The molecule has 0 bridgehead atoms. The molecule has 0 aliphatic rings. The van der Waals surface area contributed by atoms with Crippen LogP contribution in [0.3, 0.4) is 0 Å². The number of hydrogen-bond acceptors (Lipinski definition) is 6. The number of allylic oxidation sites excluding steroid dienone is 8. The summed E-state index contributed by atoms with van der Waals surface area (Å²) in [5.74, 6) is -0.882. The monoisotopic (exact) mass is 995 g/mol. The highest BCUT2D eigenvalue weighted by Crippen LogP contribution is 2.16. The molecule has 0 N–H and O–H groups in total. The van der Waals surface area contributed by atoms with Crippen LogP contribution < -0.4 is 0 Å². The molecule has 0 fully saturated rings. The highest BCUT2D eigenvalue weighted by molar-refractivity contribution is 5.71. The van der Waals surface area contributed by atoms with Crippen molar-refractivity contribution in [1.29, 1.82) is 0 Å². The second kappa shape index (κ2) is 59.9. The Morgan fingerprint density at radius 2 is 0.507 bits per heavy atom. The van der Waals surface area contributed by atoms with Gasteiger partial charge in [-0.15, -0.1) is 0 Å². The number of hydrogen-bond donors (Lipinski definition) is 0. The van der Waals surface area contributed by atoms with Gasteiger partial charge in [0.05, 0.1) is 0 Å². The molecule has 0 aromatic rings. The van der Waals surface area contributed by atoms with E-state index in [0.717, 1.165) is 64.2 Å². The summed E-state index contributed by atoms with van der Waals surface area (Å²) >= 11 is 0. The van der Waals surface area contributed by atoms with Crippen LogP contribution >= 0.6 is 0 Å². The third-order valence-corrected chi connectivity index (χ3v) is 13.8. The van der Waals surface area contributed by atoms with Gasteiger partial charge in [0.25, 0.3) is 0 Å². The average Bonchev–Trinajstić information content (AvgIpc) is 3.37. The lowest BCUT2D eigenvalue weighted by Gasteiger charge is -2.18. The molecular weight excluding hydrogens is 877 g/mol. The average molecular weight is 996 g/mol. The zero-order chi connectivity index (χ0) is 51.4. The van der Waals surface area contributed by atoms with Crippen molar-refractivity contribution in [3.05, 3.63) is 48.6 Å². The van der Waals surface area contributed by atoms with Gasteiger partial charge in [-0.05, 0) is 96.3 Å². The smallest absolute Gasteiger partial charge is 0.306 e. The molecule has 0 aliphatic heterocycles. The lowest BCUT2D eigenvalue weighted by Crippen LogP contribution is -2.30. The van der Waals surface area contributed by atoms with Crippen molar-refractivity contribution in [2.75, 3.05) is 13.2 Å². The van der Waals surface area contributed by atoms with Crippen LogP contribution in [-0.4, -0.2) is 37.2 Å². The molecular formula is C65H118O6. The molecule has 0 aromatic carbocycles. The topological polar surface area (TPSA) is 78.9 Å². The Hall–Kier alpha value is -2.63. The molecule has 0 radical (unpaired) electrons. The van der Waals surface area contributed by atoms with Crippen molar-refractivity contribution in [2.24, 2.45) is 0 Å². The number of esters is 3. The Balaban J connectivity index is 4.37. The fourth-order valence-electron chi connectivity index (χ4n) is 9.07. The van der Waals surface area contributed by atoms with Gasteiger partial charge in [-0.25, -0.2) is 0 Å². The van der Waals surface area contributed by atoms with Gasteiger partial charge in [0.2, 0.25) is 0 Å². The van der Waals surface area contributed by atoms with Crippen LogP contribution in [0.25, 0.3) is 0 Å². The number of rotatable bonds is 57. The molecule has 0 spiro atoms. The molecule has 0 heterocycles. The first kappa shape index (κ1) is 68.4. The summed E-state index contributed by atoms with van der Waals surface area (Å²) in [5.41, 5.74) is 0. The molecule has 0 amide bonds. The predicted octanol–water partition coefficient (Wildman–Crippen LogP) is 21.0. The highest BCUT2D eigenvalue weighted by Gasteiger charge is 2.19. The summed E-state index contributed by atoms with van der Waals surface area (Å²) in [6, 6.07) is 0. The van der Waals surface area contributed by atoms with Crippen molar-refractivity contribution in [2.45, 2.75) is 335 Å². The van der Waals surface area contributed by atoms with Crippen LogP contribution in [-0.2, 0) is 28.6 Å². The van der Waals surface area contributed by atoms with Gasteiger partial charge in [-0.2, -0.15) is 0 Å². The van der Waals surface area contributed by atoms with Crippen LogP contribution in [0, 0.1) is 0 Å². The Labute approximate surface area is 441 Å². The molecule has 0 aliphatic carbocycles. The van der Waals surface area contributed by atoms with E-state index in [1.807, 2.05) is 0 Å². The minimum absolute atomic E-state index is 0.0791. The van der Waals surface area contributed by atoms with Gasteiger partial charge in [0.15, 0.2) is 6.10 Å². The van der Waals surface area contributed by atoms with Crippen LogP contribution in [0.2, 0.25) is 0 Å². The first-order chi connectivity index (χ1) is 35.0. The molecule has 0 saturated carbocycles. The van der Waals surface area contributed by atoms with Gasteiger partial charge >= 0.3 is 17.9 Å². The van der Waals surface area contributed by atoms with Gasteiger partial charge in [-0.1, -0.05) is 262 Å². The standard InChI is InChI=1S/C65H118O6/c1-4-7-10-13-16-19-22-25-28-30-32-34-37-40-43-46-49-52-55-58-64(67)70-61-62(60-69-63(66)57-54-51-48-45-42-39-36-27-24-21-18-15-12-9-6-3)71-65(68)59-56-53-50-47-44-41-38-35-33-31-29-26-23-20-17-14-11-8-5-2/h18,21,24,27,30-33,62H,4-17,19-20,22-23,25-26,28-29,34-61H2,1-3H3/b21-18-,27-24-,32-30-,33-31-. The third-order valence-electron chi connectivity index (χ3n) is 13.8. The summed E-state index contributed by atoms with van der Waals surface area (Å²) in [4.78, 5) is 38.3. The first-order valence-corrected chi connectivity index (χ1v) is 31.2. The van der Waals surface area contributed by atoms with Crippen molar-refractivity contribution >= 4 is 17.9 Å². The number of ether oxygens (including phenoxy) is 3. The van der Waals surface area contributed by atoms with Crippen molar-refractivity contribution in [3.63, 3.8) is 0 Å². The third kappa shape index (κ3) is 58.1. The van der Waals surface area contributed by atoms with E-state index in [1.165, 1.54) is 225 Å². The van der Waals surface area contributed by atoms with Gasteiger partial charge in [0, 0.05) is 19.3 Å². The highest BCUT2D eigenvalue weighted by atomic mass is 16.6. The predicted molar refractivity (Wildman–Crippen MR) is 307 cm³/mol. The molecule has 0 rings (SSSR count). The van der Waals surface area contributed by atoms with Gasteiger partial charge in [-0.3, -0.25) is 14.4 Å². The van der Waals surface area contributed by atoms with E-state index in [9.17, 15) is 14.4 Å².